The summed E-state index contributed by atoms with van der Waals surface area (Å²) in [5.41, 5.74) is 3.42. The molecule has 1 N–H and O–H groups in total. The van der Waals surface area contributed by atoms with E-state index in [9.17, 15) is 13.2 Å². The highest BCUT2D eigenvalue weighted by Gasteiger charge is 2.15. The van der Waals surface area contributed by atoms with Gasteiger partial charge in [-0.15, -0.1) is 0 Å². The largest absolute Gasteiger partial charge is 0.327 e. The summed E-state index contributed by atoms with van der Waals surface area (Å²) < 4.78 is 22.9. The molecular formula is C15H22N2O3S. The molecule has 2 rings (SSSR count). The second-order valence-corrected chi connectivity index (χ2v) is 7.90. The van der Waals surface area contributed by atoms with E-state index in [4.69, 9.17) is 0 Å². The molecule has 21 heavy (non-hydrogen) atoms. The molecule has 1 aromatic carbocycles. The van der Waals surface area contributed by atoms with E-state index in [2.05, 4.69) is 11.4 Å². The Bertz CT molecular complexity index is 626. The first-order chi connectivity index (χ1) is 9.91. The predicted molar refractivity (Wildman–Crippen MR) is 84.4 cm³/mol. The molecule has 0 radical (unpaired) electrons. The number of carbonyl (C=O) groups is 1. The van der Waals surface area contributed by atoms with Gasteiger partial charge in [0.05, 0.1) is 5.75 Å². The lowest BCUT2D eigenvalue weighted by Gasteiger charge is -2.18. The van der Waals surface area contributed by atoms with Crippen LogP contribution in [0.3, 0.4) is 0 Å². The molecule has 0 saturated carbocycles. The lowest BCUT2D eigenvalue weighted by Crippen LogP contribution is -2.35. The molecule has 2 amide bonds. The Hall–Kier alpha value is -1.56. The fraction of sp³-hybridized carbons (Fsp3) is 0.533. The van der Waals surface area contributed by atoms with Crippen molar-refractivity contribution in [3.8, 4) is 0 Å². The van der Waals surface area contributed by atoms with Crippen molar-refractivity contribution in [3.63, 3.8) is 0 Å². The minimum atomic E-state index is -3.05. The maximum absolute atomic E-state index is 12.0. The summed E-state index contributed by atoms with van der Waals surface area (Å²) in [6.45, 7) is 1.81. The number of nitrogens with zero attached hydrogens (tertiary/aromatic N) is 1. The van der Waals surface area contributed by atoms with Gasteiger partial charge >= 0.3 is 6.03 Å². The van der Waals surface area contributed by atoms with Crippen LogP contribution in [0.4, 0.5) is 10.5 Å². The summed E-state index contributed by atoms with van der Waals surface area (Å²) in [4.78, 5) is 13.4. The molecule has 0 aliphatic heterocycles. The quantitative estimate of drug-likeness (QED) is 0.905. The highest BCUT2D eigenvalue weighted by atomic mass is 32.2. The highest BCUT2D eigenvalue weighted by Crippen LogP contribution is 2.24. The molecule has 1 aliphatic carbocycles. The molecule has 1 aliphatic rings. The van der Waals surface area contributed by atoms with Crippen LogP contribution in [0.25, 0.3) is 0 Å². The van der Waals surface area contributed by atoms with Crippen LogP contribution >= 0.6 is 0 Å². The minimum absolute atomic E-state index is 0.00237. The number of carbonyl (C=O) groups excluding carboxylic acids is 1. The van der Waals surface area contributed by atoms with Crippen LogP contribution in [0.1, 0.15) is 24.5 Å². The molecule has 0 spiro atoms. The van der Waals surface area contributed by atoms with Gasteiger partial charge in [-0.3, -0.25) is 0 Å². The smallest absolute Gasteiger partial charge is 0.321 e. The van der Waals surface area contributed by atoms with Gasteiger partial charge < -0.3 is 10.2 Å². The second kappa shape index (κ2) is 6.47. The van der Waals surface area contributed by atoms with Crippen LogP contribution < -0.4 is 5.32 Å². The van der Waals surface area contributed by atoms with Crippen molar-refractivity contribution in [2.75, 3.05) is 30.4 Å². The number of rotatable bonds is 5. The van der Waals surface area contributed by atoms with E-state index in [-0.39, 0.29) is 24.1 Å². The number of amides is 2. The van der Waals surface area contributed by atoms with Crippen LogP contribution in [0.5, 0.6) is 0 Å². The van der Waals surface area contributed by atoms with Crippen molar-refractivity contribution in [1.29, 1.82) is 0 Å². The van der Waals surface area contributed by atoms with E-state index in [1.807, 2.05) is 12.1 Å². The van der Waals surface area contributed by atoms with E-state index in [1.165, 1.54) is 22.4 Å². The van der Waals surface area contributed by atoms with Gasteiger partial charge in [-0.05, 0) is 42.5 Å². The number of hydrogen-bond acceptors (Lipinski definition) is 3. The molecule has 1 aromatic rings. The molecule has 0 bridgehead atoms. The van der Waals surface area contributed by atoms with Gasteiger partial charge in [0.1, 0.15) is 0 Å². The normalized spacial score (nSPS) is 13.8. The average Bonchev–Trinajstić information content (AvgIpc) is 2.92. The first-order valence-corrected chi connectivity index (χ1v) is 9.08. The SMILES string of the molecule is CCS(=O)(=O)CCN(C)C(=O)Nc1ccc2c(c1)CCC2. The van der Waals surface area contributed by atoms with Crippen molar-refractivity contribution in [2.24, 2.45) is 0 Å². The van der Waals surface area contributed by atoms with Gasteiger partial charge in [0.25, 0.3) is 0 Å². The Kier molecular flexibility index (Phi) is 4.88. The summed E-state index contributed by atoms with van der Waals surface area (Å²) in [6.07, 6.45) is 3.34. The van der Waals surface area contributed by atoms with Crippen molar-refractivity contribution < 1.29 is 13.2 Å². The van der Waals surface area contributed by atoms with Crippen LogP contribution in [0, 0.1) is 0 Å². The topological polar surface area (TPSA) is 66.5 Å². The molecule has 0 heterocycles. The van der Waals surface area contributed by atoms with Gasteiger partial charge in [-0.1, -0.05) is 13.0 Å². The van der Waals surface area contributed by atoms with E-state index in [0.717, 1.165) is 18.5 Å². The van der Waals surface area contributed by atoms with Crippen LogP contribution in [-0.4, -0.2) is 44.4 Å². The fourth-order valence-electron chi connectivity index (χ4n) is 2.39. The monoisotopic (exact) mass is 310 g/mol. The molecule has 0 saturated heterocycles. The van der Waals surface area contributed by atoms with Crippen molar-refractivity contribution in [2.45, 2.75) is 26.2 Å². The van der Waals surface area contributed by atoms with Crippen LogP contribution in [-0.2, 0) is 22.7 Å². The number of hydrogen-bond donors (Lipinski definition) is 1. The third-order valence-electron chi connectivity index (χ3n) is 3.87. The number of sulfone groups is 1. The fourth-order valence-corrected chi connectivity index (χ4v) is 3.23. The first-order valence-electron chi connectivity index (χ1n) is 7.25. The zero-order chi connectivity index (χ0) is 15.5. The Morgan fingerprint density at radius 1 is 1.29 bits per heavy atom. The van der Waals surface area contributed by atoms with Crippen LogP contribution in [0.2, 0.25) is 0 Å². The molecule has 0 atom stereocenters. The number of nitrogens with one attached hydrogen (secondary N) is 1. The number of benzene rings is 1. The van der Waals surface area contributed by atoms with E-state index in [1.54, 1.807) is 14.0 Å². The highest BCUT2D eigenvalue weighted by molar-refractivity contribution is 7.91. The number of urea groups is 1. The summed E-state index contributed by atoms with van der Waals surface area (Å²) >= 11 is 0. The molecule has 0 fully saturated rings. The number of anilines is 1. The molecule has 116 valence electrons. The maximum atomic E-state index is 12.0. The van der Waals surface area contributed by atoms with Gasteiger partial charge in [0.2, 0.25) is 0 Å². The van der Waals surface area contributed by atoms with Crippen molar-refractivity contribution in [1.82, 2.24) is 4.90 Å². The van der Waals surface area contributed by atoms with Gasteiger partial charge in [-0.2, -0.15) is 0 Å². The van der Waals surface area contributed by atoms with Gasteiger partial charge in [0, 0.05) is 25.0 Å². The molecule has 0 unspecified atom stereocenters. The summed E-state index contributed by atoms with van der Waals surface area (Å²) in [5, 5.41) is 2.82. The van der Waals surface area contributed by atoms with E-state index < -0.39 is 9.84 Å². The van der Waals surface area contributed by atoms with Crippen LogP contribution in [0.15, 0.2) is 18.2 Å². The first kappa shape index (κ1) is 15.8. The Morgan fingerprint density at radius 2 is 2.00 bits per heavy atom. The Morgan fingerprint density at radius 3 is 2.71 bits per heavy atom. The minimum Gasteiger partial charge on any atom is -0.327 e. The average molecular weight is 310 g/mol. The summed E-state index contributed by atoms with van der Waals surface area (Å²) in [7, 11) is -1.45. The van der Waals surface area contributed by atoms with Crippen molar-refractivity contribution >= 4 is 21.6 Å². The lowest BCUT2D eigenvalue weighted by atomic mass is 10.1. The van der Waals surface area contributed by atoms with E-state index in [0.29, 0.717) is 0 Å². The zero-order valence-electron chi connectivity index (χ0n) is 12.6. The Balaban J connectivity index is 1.92. The lowest BCUT2D eigenvalue weighted by molar-refractivity contribution is 0.225. The standard InChI is InChI=1S/C15H22N2O3S/c1-3-21(19,20)10-9-17(2)15(18)16-14-8-7-12-5-4-6-13(12)11-14/h7-8,11H,3-6,9-10H2,1-2H3,(H,16,18). The number of aryl methyl sites for hydroxylation is 2. The zero-order valence-corrected chi connectivity index (χ0v) is 13.4. The second-order valence-electron chi connectivity index (χ2n) is 5.43. The van der Waals surface area contributed by atoms with Gasteiger partial charge in [-0.25, -0.2) is 13.2 Å². The summed E-state index contributed by atoms with van der Waals surface area (Å²) in [5.74, 6) is 0.102. The predicted octanol–water partition coefficient (Wildman–Crippen LogP) is 2.07. The summed E-state index contributed by atoms with van der Waals surface area (Å²) in [6, 6.07) is 5.69. The molecule has 6 heteroatoms. The molecular weight excluding hydrogens is 288 g/mol. The van der Waals surface area contributed by atoms with Crippen molar-refractivity contribution in [3.05, 3.63) is 29.3 Å². The third-order valence-corrected chi connectivity index (χ3v) is 5.56. The third kappa shape index (κ3) is 4.20. The Labute approximate surface area is 126 Å². The van der Waals surface area contributed by atoms with Gasteiger partial charge in [0.15, 0.2) is 9.84 Å². The number of fused-ring (bicyclic) bond motifs is 1. The molecule has 0 aromatic heterocycles. The molecule has 5 nitrogen and oxygen atoms in total. The maximum Gasteiger partial charge on any atom is 0.321 e. The van der Waals surface area contributed by atoms with E-state index >= 15 is 0 Å².